The summed E-state index contributed by atoms with van der Waals surface area (Å²) in [5.74, 6) is 0.107. The van der Waals surface area contributed by atoms with Gasteiger partial charge in [-0.25, -0.2) is 8.78 Å². The molecule has 0 heterocycles. The zero-order valence-corrected chi connectivity index (χ0v) is 14.0. The Bertz CT molecular complexity index is 527. The van der Waals surface area contributed by atoms with Gasteiger partial charge in [0.05, 0.1) is 0 Å². The van der Waals surface area contributed by atoms with E-state index in [1.54, 1.807) is 0 Å². The molecule has 0 amide bonds. The topological polar surface area (TPSA) is 20.2 Å². The number of hydrogen-bond acceptors (Lipinski definition) is 1. The quantitative estimate of drug-likeness (QED) is 0.776. The van der Waals surface area contributed by atoms with Crippen LogP contribution in [0.5, 0.6) is 0 Å². The number of aliphatic hydroxyl groups is 1. The average molecular weight is 322 g/mol. The van der Waals surface area contributed by atoms with Gasteiger partial charge >= 0.3 is 0 Å². The van der Waals surface area contributed by atoms with Crippen molar-refractivity contribution in [1.82, 2.24) is 0 Å². The van der Waals surface area contributed by atoms with Gasteiger partial charge in [0, 0.05) is 6.61 Å². The van der Waals surface area contributed by atoms with Gasteiger partial charge in [-0.1, -0.05) is 31.9 Å². The lowest BCUT2D eigenvalue weighted by Gasteiger charge is -2.29. The van der Waals surface area contributed by atoms with Crippen molar-refractivity contribution in [2.24, 2.45) is 11.8 Å². The molecule has 0 unspecified atom stereocenters. The zero-order valence-electron chi connectivity index (χ0n) is 14.0. The summed E-state index contributed by atoms with van der Waals surface area (Å²) >= 11 is 0. The molecule has 2 fully saturated rings. The average Bonchev–Trinajstić information content (AvgIpc) is 2.58. The van der Waals surface area contributed by atoms with Crippen molar-refractivity contribution in [3.05, 3.63) is 34.9 Å². The Morgan fingerprint density at radius 1 is 0.826 bits per heavy atom. The van der Waals surface area contributed by atoms with Crippen LogP contribution < -0.4 is 0 Å². The summed E-state index contributed by atoms with van der Waals surface area (Å²) in [5, 5.41) is 9.21. The fraction of sp³-hybridized carbons (Fsp3) is 0.700. The molecule has 2 saturated carbocycles. The van der Waals surface area contributed by atoms with Gasteiger partial charge in [-0.3, -0.25) is 0 Å². The molecular weight excluding hydrogens is 294 g/mol. The highest BCUT2D eigenvalue weighted by molar-refractivity contribution is 5.31. The Hall–Kier alpha value is -0.960. The molecule has 1 nitrogen and oxygen atoms in total. The molecule has 0 aliphatic heterocycles. The van der Waals surface area contributed by atoms with Crippen LogP contribution in [0.1, 0.15) is 81.3 Å². The number of aliphatic hydroxyl groups excluding tert-OH is 1. The van der Waals surface area contributed by atoms with E-state index in [2.05, 4.69) is 6.92 Å². The monoisotopic (exact) mass is 322 g/mol. The maximum Gasteiger partial charge on any atom is 0.162 e. The van der Waals surface area contributed by atoms with E-state index in [4.69, 9.17) is 0 Å². The molecule has 2 aliphatic carbocycles. The molecule has 1 aromatic rings. The molecule has 0 atom stereocenters. The second-order valence-corrected chi connectivity index (χ2v) is 7.73. The standard InChI is InChI=1S/C20H28F2O/c1-13-2-6-15(7-3-13)17-10-11-18(20(22)19(17)21)16-8-4-14(12-23)5-9-16/h10-11,13-16,23H,2-9,12H2,1H3. The summed E-state index contributed by atoms with van der Waals surface area (Å²) < 4.78 is 29.3. The predicted octanol–water partition coefficient (Wildman–Crippen LogP) is 5.52. The lowest BCUT2D eigenvalue weighted by molar-refractivity contribution is 0.181. The molecule has 3 heteroatoms. The third-order valence-electron chi connectivity index (χ3n) is 6.14. The molecule has 3 rings (SSSR count). The van der Waals surface area contributed by atoms with Gasteiger partial charge in [0.1, 0.15) is 0 Å². The lowest BCUT2D eigenvalue weighted by Crippen LogP contribution is -2.18. The van der Waals surface area contributed by atoms with Gasteiger partial charge in [0.2, 0.25) is 0 Å². The molecule has 0 saturated heterocycles. The SMILES string of the molecule is CC1CCC(c2ccc(C3CCC(CO)CC3)c(F)c2F)CC1. The van der Waals surface area contributed by atoms with E-state index in [9.17, 15) is 13.9 Å². The van der Waals surface area contributed by atoms with Crippen molar-refractivity contribution in [2.45, 2.75) is 70.1 Å². The van der Waals surface area contributed by atoms with Crippen LogP contribution in [0.3, 0.4) is 0 Å². The summed E-state index contributed by atoms with van der Waals surface area (Å²) in [7, 11) is 0. The first-order valence-electron chi connectivity index (χ1n) is 9.18. The van der Waals surface area contributed by atoms with Crippen molar-refractivity contribution in [2.75, 3.05) is 6.61 Å². The minimum atomic E-state index is -0.617. The van der Waals surface area contributed by atoms with E-state index in [0.29, 0.717) is 23.0 Å². The van der Waals surface area contributed by atoms with Crippen LogP contribution in [-0.2, 0) is 0 Å². The Kier molecular flexibility index (Phi) is 5.35. The van der Waals surface area contributed by atoms with E-state index in [1.807, 2.05) is 12.1 Å². The van der Waals surface area contributed by atoms with Gasteiger partial charge in [0.25, 0.3) is 0 Å². The maximum absolute atomic E-state index is 14.6. The Morgan fingerprint density at radius 2 is 1.26 bits per heavy atom. The zero-order chi connectivity index (χ0) is 16.4. The van der Waals surface area contributed by atoms with Crippen LogP contribution in [0.4, 0.5) is 8.78 Å². The summed E-state index contributed by atoms with van der Waals surface area (Å²) in [6, 6.07) is 3.67. The minimum Gasteiger partial charge on any atom is -0.396 e. The molecule has 0 spiro atoms. The summed E-state index contributed by atoms with van der Waals surface area (Å²) in [4.78, 5) is 0. The second-order valence-electron chi connectivity index (χ2n) is 7.73. The molecule has 23 heavy (non-hydrogen) atoms. The first-order chi connectivity index (χ1) is 11.1. The first kappa shape index (κ1) is 16.9. The van der Waals surface area contributed by atoms with Crippen molar-refractivity contribution in [1.29, 1.82) is 0 Å². The Morgan fingerprint density at radius 3 is 1.70 bits per heavy atom. The summed E-state index contributed by atoms with van der Waals surface area (Å²) in [5.41, 5.74) is 1.13. The molecule has 0 aromatic heterocycles. The lowest BCUT2D eigenvalue weighted by atomic mass is 9.76. The van der Waals surface area contributed by atoms with Crippen molar-refractivity contribution in [3.8, 4) is 0 Å². The summed E-state index contributed by atoms with van der Waals surface area (Å²) in [6.07, 6.45) is 7.67. The second kappa shape index (κ2) is 7.29. The number of halogens is 2. The normalized spacial score (nSPS) is 32.0. The fourth-order valence-electron chi connectivity index (χ4n) is 4.44. The van der Waals surface area contributed by atoms with Crippen LogP contribution >= 0.6 is 0 Å². The molecule has 1 aromatic carbocycles. The number of benzene rings is 1. The highest BCUT2D eigenvalue weighted by atomic mass is 19.2. The number of rotatable bonds is 3. The maximum atomic E-state index is 14.6. The van der Waals surface area contributed by atoms with E-state index < -0.39 is 11.6 Å². The largest absolute Gasteiger partial charge is 0.396 e. The Balaban J connectivity index is 1.75. The molecule has 2 aliphatic rings. The van der Waals surface area contributed by atoms with Gasteiger partial charge < -0.3 is 5.11 Å². The molecular formula is C20H28F2O. The highest BCUT2D eigenvalue weighted by Gasteiger charge is 2.28. The van der Waals surface area contributed by atoms with Crippen LogP contribution in [0.25, 0.3) is 0 Å². The smallest absolute Gasteiger partial charge is 0.162 e. The first-order valence-corrected chi connectivity index (χ1v) is 9.18. The van der Waals surface area contributed by atoms with Crippen molar-refractivity contribution < 1.29 is 13.9 Å². The van der Waals surface area contributed by atoms with Crippen molar-refractivity contribution in [3.63, 3.8) is 0 Å². The van der Waals surface area contributed by atoms with Crippen LogP contribution in [-0.4, -0.2) is 11.7 Å². The Labute approximate surface area is 138 Å². The van der Waals surface area contributed by atoms with E-state index in [1.165, 1.54) is 0 Å². The van der Waals surface area contributed by atoms with Crippen LogP contribution in [0, 0.1) is 23.5 Å². The molecule has 128 valence electrons. The van der Waals surface area contributed by atoms with Gasteiger partial charge in [-0.2, -0.15) is 0 Å². The van der Waals surface area contributed by atoms with Crippen LogP contribution in [0.15, 0.2) is 12.1 Å². The molecule has 0 radical (unpaired) electrons. The van der Waals surface area contributed by atoms with Gasteiger partial charge in [-0.05, 0) is 73.3 Å². The minimum absolute atomic E-state index is 0.104. The third-order valence-corrected chi connectivity index (χ3v) is 6.14. The highest BCUT2D eigenvalue weighted by Crippen LogP contribution is 2.41. The third kappa shape index (κ3) is 3.60. The van der Waals surface area contributed by atoms with Gasteiger partial charge in [-0.15, -0.1) is 0 Å². The summed E-state index contributed by atoms with van der Waals surface area (Å²) in [6.45, 7) is 2.45. The predicted molar refractivity (Wildman–Crippen MR) is 88.5 cm³/mol. The van der Waals surface area contributed by atoms with E-state index in [-0.39, 0.29) is 18.4 Å². The van der Waals surface area contributed by atoms with Crippen molar-refractivity contribution >= 4 is 0 Å². The molecule has 1 N–H and O–H groups in total. The molecule has 0 bridgehead atoms. The van der Waals surface area contributed by atoms with E-state index in [0.717, 1.165) is 51.4 Å². The number of hydrogen-bond donors (Lipinski definition) is 1. The van der Waals surface area contributed by atoms with Crippen LogP contribution in [0.2, 0.25) is 0 Å². The fourth-order valence-corrected chi connectivity index (χ4v) is 4.44. The van der Waals surface area contributed by atoms with Gasteiger partial charge in [0.15, 0.2) is 11.6 Å². The van der Waals surface area contributed by atoms with E-state index >= 15 is 0 Å².